The zero-order valence-corrected chi connectivity index (χ0v) is 15.7. The van der Waals surface area contributed by atoms with Crippen LogP contribution < -0.4 is 19.8 Å². The number of quaternary nitrogens is 1. The number of likely N-dealkylation sites (tertiary alicyclic amines) is 1. The molecule has 1 saturated heterocycles. The van der Waals surface area contributed by atoms with Crippen molar-refractivity contribution < 1.29 is 14.4 Å². The molecule has 0 spiro atoms. The molecule has 0 bridgehead atoms. The van der Waals surface area contributed by atoms with Gasteiger partial charge in [0.25, 0.3) is 0 Å². The molecule has 25 heavy (non-hydrogen) atoms. The maximum absolute atomic E-state index is 13.3. The molecule has 0 aliphatic carbocycles. The number of H-pyrrole nitrogens is 1. The number of pyridine rings is 1. The molecule has 2 aromatic rings. The lowest BCUT2D eigenvalue weighted by Crippen LogP contribution is -3.15. The molecule has 3 rings (SSSR count). The van der Waals surface area contributed by atoms with Crippen LogP contribution in [0.5, 0.6) is 11.5 Å². The van der Waals surface area contributed by atoms with E-state index in [1.165, 1.54) is 24.2 Å². The fraction of sp³-hybridized carbons (Fsp3) is 0.550. The number of piperidine rings is 1. The summed E-state index contributed by atoms with van der Waals surface area (Å²) in [7, 11) is 3.22. The van der Waals surface area contributed by atoms with E-state index < -0.39 is 0 Å². The van der Waals surface area contributed by atoms with Gasteiger partial charge >= 0.3 is 0 Å². The number of aryl methyl sites for hydroxylation is 1. The first-order chi connectivity index (χ1) is 12.1. The molecule has 2 N–H and O–H groups in total. The minimum absolute atomic E-state index is 0.0647. The molecule has 1 aromatic heterocycles. The van der Waals surface area contributed by atoms with Crippen molar-refractivity contribution in [2.45, 2.75) is 52.1 Å². The smallest absolute Gasteiger partial charge is 0.202 e. The number of benzene rings is 1. The maximum Gasteiger partial charge on any atom is 0.202 e. The summed E-state index contributed by atoms with van der Waals surface area (Å²) in [6.45, 7) is 6.15. The van der Waals surface area contributed by atoms with Gasteiger partial charge in [-0.1, -0.05) is 6.92 Å². The van der Waals surface area contributed by atoms with E-state index in [1.807, 2.05) is 13.0 Å². The van der Waals surface area contributed by atoms with E-state index in [9.17, 15) is 4.79 Å². The average Bonchev–Trinajstić information content (AvgIpc) is 2.64. The van der Waals surface area contributed by atoms with Crippen LogP contribution in [0.15, 0.2) is 16.9 Å². The molecular weight excluding hydrogens is 316 g/mol. The van der Waals surface area contributed by atoms with E-state index in [2.05, 4.69) is 11.9 Å². The number of fused-ring (bicyclic) bond motifs is 1. The van der Waals surface area contributed by atoms with E-state index >= 15 is 0 Å². The molecule has 136 valence electrons. The molecule has 1 aliphatic rings. The third-order valence-corrected chi connectivity index (χ3v) is 5.61. The molecule has 1 unspecified atom stereocenters. The Morgan fingerprint density at radius 1 is 1.20 bits per heavy atom. The van der Waals surface area contributed by atoms with Gasteiger partial charge in [0.15, 0.2) is 0 Å². The number of ether oxygens (including phenoxy) is 2. The molecule has 5 heteroatoms. The number of rotatable bonds is 5. The maximum atomic E-state index is 13.3. The van der Waals surface area contributed by atoms with Gasteiger partial charge in [-0.3, -0.25) is 4.79 Å². The van der Waals surface area contributed by atoms with Gasteiger partial charge in [0, 0.05) is 5.69 Å². The molecule has 0 amide bonds. The zero-order chi connectivity index (χ0) is 18.0. The van der Waals surface area contributed by atoms with E-state index in [4.69, 9.17) is 9.47 Å². The lowest BCUT2D eigenvalue weighted by molar-refractivity contribution is -0.944. The van der Waals surface area contributed by atoms with E-state index in [0.29, 0.717) is 28.4 Å². The molecule has 2 atom stereocenters. The average molecular weight is 345 g/mol. The Bertz CT molecular complexity index is 813. The summed E-state index contributed by atoms with van der Waals surface area (Å²) < 4.78 is 10.9. The highest BCUT2D eigenvalue weighted by molar-refractivity contribution is 5.90. The Morgan fingerprint density at radius 3 is 2.60 bits per heavy atom. The van der Waals surface area contributed by atoms with Crippen LogP contribution in [0.3, 0.4) is 0 Å². The van der Waals surface area contributed by atoms with Gasteiger partial charge in [-0.15, -0.1) is 0 Å². The summed E-state index contributed by atoms with van der Waals surface area (Å²) in [6.07, 6.45) is 4.97. The molecular formula is C20H29N2O3+. The SMILES string of the molecule is CC[C@@H]1CCCC[NH+]1Cc1c(C)[nH]c2c(OC)ccc(OC)c2c1=O. The lowest BCUT2D eigenvalue weighted by Gasteiger charge is -2.32. The van der Waals surface area contributed by atoms with Crippen molar-refractivity contribution in [3.63, 3.8) is 0 Å². The largest absolute Gasteiger partial charge is 0.496 e. The van der Waals surface area contributed by atoms with Gasteiger partial charge in [-0.05, 0) is 44.7 Å². The first-order valence-corrected chi connectivity index (χ1v) is 9.21. The van der Waals surface area contributed by atoms with Gasteiger partial charge in [-0.2, -0.15) is 0 Å². The summed E-state index contributed by atoms with van der Waals surface area (Å²) in [4.78, 5) is 18.2. The molecule has 2 heterocycles. The molecule has 1 aliphatic heterocycles. The number of hydrogen-bond acceptors (Lipinski definition) is 3. The first kappa shape index (κ1) is 17.8. The first-order valence-electron chi connectivity index (χ1n) is 9.21. The highest BCUT2D eigenvalue weighted by atomic mass is 16.5. The van der Waals surface area contributed by atoms with Gasteiger partial charge < -0.3 is 19.4 Å². The van der Waals surface area contributed by atoms with Crippen molar-refractivity contribution in [1.82, 2.24) is 4.98 Å². The summed E-state index contributed by atoms with van der Waals surface area (Å²) in [5.74, 6) is 1.26. The number of aromatic nitrogens is 1. The normalized spacial score (nSPS) is 20.6. The molecule has 1 aromatic carbocycles. The molecule has 5 nitrogen and oxygen atoms in total. The van der Waals surface area contributed by atoms with E-state index in [1.54, 1.807) is 20.3 Å². The monoisotopic (exact) mass is 345 g/mol. The fourth-order valence-electron chi connectivity index (χ4n) is 4.15. The third-order valence-electron chi connectivity index (χ3n) is 5.61. The van der Waals surface area contributed by atoms with Crippen molar-refractivity contribution in [3.8, 4) is 11.5 Å². The van der Waals surface area contributed by atoms with Crippen LogP contribution >= 0.6 is 0 Å². The molecule has 0 radical (unpaired) electrons. The van der Waals surface area contributed by atoms with Crippen LogP contribution in [0.4, 0.5) is 0 Å². The van der Waals surface area contributed by atoms with Crippen LogP contribution in [0.2, 0.25) is 0 Å². The third kappa shape index (κ3) is 3.25. The molecule has 1 fully saturated rings. The Hall–Kier alpha value is -2.01. The Kier molecular flexibility index (Phi) is 5.33. The summed E-state index contributed by atoms with van der Waals surface area (Å²) in [5.41, 5.74) is 2.58. The Balaban J connectivity index is 2.11. The predicted octanol–water partition coefficient (Wildman–Crippen LogP) is 2.20. The van der Waals surface area contributed by atoms with Crippen molar-refractivity contribution in [3.05, 3.63) is 33.6 Å². The number of methoxy groups -OCH3 is 2. The topological polar surface area (TPSA) is 55.8 Å². The van der Waals surface area contributed by atoms with Crippen molar-refractivity contribution in [2.75, 3.05) is 20.8 Å². The van der Waals surface area contributed by atoms with Gasteiger partial charge in [0.2, 0.25) is 5.43 Å². The number of nitrogens with one attached hydrogen (secondary N) is 2. The predicted molar refractivity (Wildman–Crippen MR) is 99.9 cm³/mol. The fourth-order valence-corrected chi connectivity index (χ4v) is 4.15. The quantitative estimate of drug-likeness (QED) is 0.873. The Morgan fingerprint density at radius 2 is 1.92 bits per heavy atom. The minimum Gasteiger partial charge on any atom is -0.496 e. The lowest BCUT2D eigenvalue weighted by atomic mass is 9.98. The van der Waals surface area contributed by atoms with E-state index in [-0.39, 0.29) is 5.43 Å². The number of aromatic amines is 1. The van der Waals surface area contributed by atoms with Gasteiger partial charge in [0.1, 0.15) is 18.0 Å². The van der Waals surface area contributed by atoms with Crippen molar-refractivity contribution >= 4 is 10.9 Å². The second-order valence-electron chi connectivity index (χ2n) is 6.96. The van der Waals surface area contributed by atoms with Crippen LogP contribution in [-0.4, -0.2) is 31.8 Å². The van der Waals surface area contributed by atoms with Crippen LogP contribution in [0.1, 0.15) is 43.9 Å². The highest BCUT2D eigenvalue weighted by Crippen LogP contribution is 2.30. The zero-order valence-electron chi connectivity index (χ0n) is 15.7. The van der Waals surface area contributed by atoms with Gasteiger partial charge in [-0.25, -0.2) is 0 Å². The minimum atomic E-state index is 0.0647. The summed E-state index contributed by atoms with van der Waals surface area (Å²) in [6, 6.07) is 4.28. The highest BCUT2D eigenvalue weighted by Gasteiger charge is 2.27. The molecule has 0 saturated carbocycles. The second kappa shape index (κ2) is 7.48. The van der Waals surface area contributed by atoms with Gasteiger partial charge in [0.05, 0.1) is 43.3 Å². The summed E-state index contributed by atoms with van der Waals surface area (Å²) in [5, 5.41) is 0.590. The van der Waals surface area contributed by atoms with Crippen LogP contribution in [0, 0.1) is 6.92 Å². The van der Waals surface area contributed by atoms with Crippen LogP contribution in [-0.2, 0) is 6.54 Å². The van der Waals surface area contributed by atoms with E-state index in [0.717, 1.165) is 30.8 Å². The second-order valence-corrected chi connectivity index (χ2v) is 6.96. The standard InChI is InChI=1S/C20H28N2O3/c1-5-14-8-6-7-11-22(14)12-15-13(2)21-19-17(25-4)10-9-16(24-3)18(19)20(15)23/h9-10,14H,5-8,11-12H2,1-4H3,(H,21,23)/p+1/t14-/m1/s1. The van der Waals surface area contributed by atoms with Crippen molar-refractivity contribution in [2.24, 2.45) is 0 Å². The Labute approximate surface area is 148 Å². The van der Waals surface area contributed by atoms with Crippen LogP contribution in [0.25, 0.3) is 10.9 Å². The summed E-state index contributed by atoms with van der Waals surface area (Å²) >= 11 is 0. The van der Waals surface area contributed by atoms with Crippen molar-refractivity contribution in [1.29, 1.82) is 0 Å². The number of hydrogen-bond donors (Lipinski definition) is 2.